The van der Waals surface area contributed by atoms with Crippen molar-refractivity contribution in [2.75, 3.05) is 5.32 Å². The van der Waals surface area contributed by atoms with E-state index in [9.17, 15) is 9.59 Å². The first-order valence-corrected chi connectivity index (χ1v) is 9.88. The summed E-state index contributed by atoms with van der Waals surface area (Å²) in [5, 5.41) is 3.90. The van der Waals surface area contributed by atoms with Gasteiger partial charge in [-0.1, -0.05) is 55.2 Å². The van der Waals surface area contributed by atoms with Gasteiger partial charge < -0.3 is 10.2 Å². The number of hydrogen-bond donors (Lipinski definition) is 2. The summed E-state index contributed by atoms with van der Waals surface area (Å²) in [6.07, 6.45) is 1.23. The number of benzene rings is 2. The second-order valence-corrected chi connectivity index (χ2v) is 8.24. The van der Waals surface area contributed by atoms with Gasteiger partial charge in [0.25, 0.3) is 5.91 Å². The Hall–Kier alpha value is -2.08. The second kappa shape index (κ2) is 8.52. The Labute approximate surface area is 174 Å². The molecule has 0 aliphatic carbocycles. The monoisotopic (exact) mass is 420 g/mol. The molecule has 1 aliphatic rings. The average Bonchev–Trinajstić information content (AvgIpc) is 2.89. The summed E-state index contributed by atoms with van der Waals surface area (Å²) in [5.74, 6) is -0.346. The van der Waals surface area contributed by atoms with Crippen LogP contribution in [0.15, 0.2) is 42.5 Å². The third kappa shape index (κ3) is 4.49. The molecule has 7 heteroatoms. The zero-order valence-corrected chi connectivity index (χ0v) is 17.2. The molecule has 2 aromatic carbocycles. The second-order valence-electron chi connectivity index (χ2n) is 7.36. The summed E-state index contributed by atoms with van der Waals surface area (Å²) in [4.78, 5) is 30.5. The number of halogens is 2. The van der Waals surface area contributed by atoms with Crippen LogP contribution >= 0.6 is 23.2 Å². The number of fused-ring (bicyclic) bond motifs is 1. The van der Waals surface area contributed by atoms with E-state index in [1.54, 1.807) is 30.3 Å². The Balaban J connectivity index is 1.91. The average molecular weight is 421 g/mol. The van der Waals surface area contributed by atoms with E-state index in [0.717, 1.165) is 5.56 Å². The minimum Gasteiger partial charge on any atom is -0.369 e. The summed E-state index contributed by atoms with van der Waals surface area (Å²) in [6, 6.07) is 12.4. The highest BCUT2D eigenvalue weighted by Gasteiger charge is 2.48. The quantitative estimate of drug-likeness (QED) is 0.627. The third-order valence-electron chi connectivity index (χ3n) is 4.70. The first-order valence-electron chi connectivity index (χ1n) is 9.13. The topological polar surface area (TPSA) is 67.4 Å². The minimum absolute atomic E-state index is 0.255. The van der Waals surface area contributed by atoms with Crippen LogP contribution in [0, 0.1) is 5.92 Å². The molecule has 1 heterocycles. The number of amides is 1. The number of hydroxylamine groups is 1. The largest absolute Gasteiger partial charge is 0.369 e. The van der Waals surface area contributed by atoms with Crippen LogP contribution in [0.2, 0.25) is 10.0 Å². The Morgan fingerprint density at radius 1 is 1.18 bits per heavy atom. The van der Waals surface area contributed by atoms with Crippen LogP contribution in [0.3, 0.4) is 0 Å². The molecule has 2 aromatic rings. The molecule has 0 radical (unpaired) electrons. The summed E-state index contributed by atoms with van der Waals surface area (Å²) >= 11 is 12.2. The fourth-order valence-electron chi connectivity index (χ4n) is 3.21. The lowest BCUT2D eigenvalue weighted by Gasteiger charge is -2.28. The zero-order valence-electron chi connectivity index (χ0n) is 15.7. The first kappa shape index (κ1) is 20.6. The van der Waals surface area contributed by atoms with Crippen molar-refractivity contribution in [2.24, 2.45) is 5.92 Å². The first-order chi connectivity index (χ1) is 13.3. The van der Waals surface area contributed by atoms with E-state index in [0.29, 0.717) is 33.6 Å². The lowest BCUT2D eigenvalue weighted by Crippen LogP contribution is -2.50. The molecule has 2 N–H and O–H groups in total. The van der Waals surface area contributed by atoms with Gasteiger partial charge in [0.05, 0.1) is 0 Å². The summed E-state index contributed by atoms with van der Waals surface area (Å²) in [7, 11) is 0. The Morgan fingerprint density at radius 3 is 2.64 bits per heavy atom. The van der Waals surface area contributed by atoms with Crippen molar-refractivity contribution in [1.82, 2.24) is 5.48 Å². The lowest BCUT2D eigenvalue weighted by molar-refractivity contribution is -0.159. The van der Waals surface area contributed by atoms with Gasteiger partial charge in [0.1, 0.15) is 0 Å². The SMILES string of the molecule is CC(C)CCC(=O)ONC1(Cc2cccc(Cl)c2)C(=O)Nc2cc(Cl)ccc21. The number of carbonyl (C=O) groups excluding carboxylic acids is 2. The van der Waals surface area contributed by atoms with Gasteiger partial charge in [0.2, 0.25) is 0 Å². The van der Waals surface area contributed by atoms with Crippen molar-refractivity contribution in [1.29, 1.82) is 0 Å². The number of carbonyl (C=O) groups is 2. The molecular weight excluding hydrogens is 399 g/mol. The van der Waals surface area contributed by atoms with E-state index in [1.165, 1.54) is 0 Å². The van der Waals surface area contributed by atoms with Gasteiger partial charge in [-0.05, 0) is 42.2 Å². The van der Waals surface area contributed by atoms with Gasteiger partial charge in [0, 0.05) is 34.1 Å². The maximum Gasteiger partial charge on any atom is 0.324 e. The third-order valence-corrected chi connectivity index (χ3v) is 5.17. The Kier molecular flexibility index (Phi) is 6.28. The summed E-state index contributed by atoms with van der Waals surface area (Å²) < 4.78 is 0. The van der Waals surface area contributed by atoms with Crippen LogP contribution in [0.25, 0.3) is 0 Å². The predicted octanol–water partition coefficient (Wildman–Crippen LogP) is 4.87. The molecule has 28 heavy (non-hydrogen) atoms. The lowest BCUT2D eigenvalue weighted by atomic mass is 9.85. The van der Waals surface area contributed by atoms with Crippen LogP contribution < -0.4 is 10.8 Å². The molecule has 0 spiro atoms. The molecule has 5 nitrogen and oxygen atoms in total. The van der Waals surface area contributed by atoms with E-state index in [-0.39, 0.29) is 18.7 Å². The highest BCUT2D eigenvalue weighted by atomic mass is 35.5. The molecule has 1 aliphatic heterocycles. The summed E-state index contributed by atoms with van der Waals surface area (Å²) in [6.45, 7) is 4.07. The zero-order chi connectivity index (χ0) is 20.3. The molecule has 1 amide bonds. The Bertz CT molecular complexity index is 901. The van der Waals surface area contributed by atoms with E-state index in [4.69, 9.17) is 28.0 Å². The van der Waals surface area contributed by atoms with Gasteiger partial charge in [-0.25, -0.2) is 0 Å². The molecule has 3 rings (SSSR count). The van der Waals surface area contributed by atoms with Crippen LogP contribution in [-0.4, -0.2) is 11.9 Å². The van der Waals surface area contributed by atoms with Crippen LogP contribution in [0.1, 0.15) is 37.8 Å². The van der Waals surface area contributed by atoms with Crippen molar-refractivity contribution in [3.05, 3.63) is 63.6 Å². The predicted molar refractivity (Wildman–Crippen MR) is 110 cm³/mol. The maximum absolute atomic E-state index is 13.0. The standard InChI is InChI=1S/C21H22Cl2N2O3/c1-13(2)6-9-19(26)28-25-21(12-14-4-3-5-15(22)10-14)17-8-7-16(23)11-18(17)24-20(21)27/h3-5,7-8,10-11,13,25H,6,9,12H2,1-2H3,(H,24,27). The molecule has 1 unspecified atom stereocenters. The maximum atomic E-state index is 13.0. The van der Waals surface area contributed by atoms with Crippen LogP contribution in [0.4, 0.5) is 5.69 Å². The molecule has 1 atom stereocenters. The number of nitrogens with one attached hydrogen (secondary N) is 2. The highest BCUT2D eigenvalue weighted by Crippen LogP contribution is 2.40. The van der Waals surface area contributed by atoms with Crippen molar-refractivity contribution >= 4 is 40.8 Å². The van der Waals surface area contributed by atoms with Crippen molar-refractivity contribution in [3.8, 4) is 0 Å². The normalized spacial score (nSPS) is 18.1. The Morgan fingerprint density at radius 2 is 1.93 bits per heavy atom. The molecule has 0 bridgehead atoms. The smallest absolute Gasteiger partial charge is 0.324 e. The van der Waals surface area contributed by atoms with Crippen LogP contribution in [-0.2, 0) is 26.4 Å². The molecule has 148 valence electrons. The van der Waals surface area contributed by atoms with E-state index >= 15 is 0 Å². The number of anilines is 1. The van der Waals surface area contributed by atoms with Crippen molar-refractivity contribution < 1.29 is 14.4 Å². The molecular formula is C21H22Cl2N2O3. The van der Waals surface area contributed by atoms with Gasteiger partial charge >= 0.3 is 5.97 Å². The van der Waals surface area contributed by atoms with Crippen molar-refractivity contribution in [2.45, 2.75) is 38.6 Å². The van der Waals surface area contributed by atoms with Crippen molar-refractivity contribution in [3.63, 3.8) is 0 Å². The number of hydrogen-bond acceptors (Lipinski definition) is 4. The van der Waals surface area contributed by atoms with E-state index in [2.05, 4.69) is 10.8 Å². The fraction of sp³-hybridized carbons (Fsp3) is 0.333. The van der Waals surface area contributed by atoms with Gasteiger partial charge in [-0.2, -0.15) is 0 Å². The highest BCUT2D eigenvalue weighted by molar-refractivity contribution is 6.31. The summed E-state index contributed by atoms with van der Waals surface area (Å²) in [5.41, 5.74) is 3.58. The minimum atomic E-state index is -1.27. The van der Waals surface area contributed by atoms with Gasteiger partial charge in [-0.3, -0.25) is 9.59 Å². The van der Waals surface area contributed by atoms with Gasteiger partial charge in [-0.15, -0.1) is 5.48 Å². The fourth-order valence-corrected chi connectivity index (χ4v) is 3.60. The van der Waals surface area contributed by atoms with E-state index < -0.39 is 11.5 Å². The van der Waals surface area contributed by atoms with Gasteiger partial charge in [0.15, 0.2) is 5.54 Å². The molecule has 0 saturated heterocycles. The molecule has 0 aromatic heterocycles. The van der Waals surface area contributed by atoms with Crippen LogP contribution in [0.5, 0.6) is 0 Å². The molecule has 0 saturated carbocycles. The van der Waals surface area contributed by atoms with E-state index in [1.807, 2.05) is 26.0 Å². The number of rotatable bonds is 7. The molecule has 0 fully saturated rings.